The SMILES string of the molecule is Cc1ccc(C(=O)NCc2ccccc2N2CCCC2)s1. The van der Waals surface area contributed by atoms with Gasteiger partial charge in [-0.1, -0.05) is 18.2 Å². The molecule has 1 aliphatic heterocycles. The van der Waals surface area contributed by atoms with E-state index in [1.165, 1.54) is 35.4 Å². The minimum Gasteiger partial charge on any atom is -0.371 e. The maximum atomic E-state index is 12.1. The quantitative estimate of drug-likeness (QED) is 0.936. The van der Waals surface area contributed by atoms with Crippen molar-refractivity contribution < 1.29 is 4.79 Å². The van der Waals surface area contributed by atoms with Crippen LogP contribution in [0, 0.1) is 6.92 Å². The van der Waals surface area contributed by atoms with E-state index in [0.29, 0.717) is 6.54 Å². The van der Waals surface area contributed by atoms with Crippen molar-refractivity contribution in [2.75, 3.05) is 18.0 Å². The number of hydrogen-bond donors (Lipinski definition) is 1. The molecular formula is C17H20N2OS. The Morgan fingerprint density at radius 2 is 1.95 bits per heavy atom. The summed E-state index contributed by atoms with van der Waals surface area (Å²) in [5.41, 5.74) is 2.46. The predicted octanol–water partition coefficient (Wildman–Crippen LogP) is 3.59. The van der Waals surface area contributed by atoms with Gasteiger partial charge in [-0.05, 0) is 43.5 Å². The molecule has 1 saturated heterocycles. The van der Waals surface area contributed by atoms with Crippen molar-refractivity contribution in [3.05, 3.63) is 51.7 Å². The van der Waals surface area contributed by atoms with Gasteiger partial charge in [0.25, 0.3) is 5.91 Å². The van der Waals surface area contributed by atoms with Crippen LogP contribution in [0.5, 0.6) is 0 Å². The molecule has 21 heavy (non-hydrogen) atoms. The van der Waals surface area contributed by atoms with E-state index >= 15 is 0 Å². The molecule has 0 spiro atoms. The van der Waals surface area contributed by atoms with E-state index in [2.05, 4.69) is 28.4 Å². The van der Waals surface area contributed by atoms with Gasteiger partial charge in [0, 0.05) is 30.2 Å². The van der Waals surface area contributed by atoms with Crippen LogP contribution in [0.25, 0.3) is 0 Å². The zero-order valence-corrected chi connectivity index (χ0v) is 13.1. The zero-order valence-electron chi connectivity index (χ0n) is 12.3. The number of rotatable bonds is 4. The number of nitrogens with zero attached hydrogens (tertiary/aromatic N) is 1. The number of hydrogen-bond acceptors (Lipinski definition) is 3. The van der Waals surface area contributed by atoms with Crippen LogP contribution in [0.15, 0.2) is 36.4 Å². The number of amides is 1. The molecule has 1 amide bonds. The van der Waals surface area contributed by atoms with Crippen molar-refractivity contribution in [2.45, 2.75) is 26.3 Å². The molecular weight excluding hydrogens is 280 g/mol. The third-order valence-corrected chi connectivity index (χ3v) is 4.84. The molecule has 0 saturated carbocycles. The molecule has 3 nitrogen and oxygen atoms in total. The molecule has 3 rings (SSSR count). The van der Waals surface area contributed by atoms with Gasteiger partial charge >= 0.3 is 0 Å². The van der Waals surface area contributed by atoms with E-state index < -0.39 is 0 Å². The van der Waals surface area contributed by atoms with Crippen molar-refractivity contribution in [1.82, 2.24) is 5.32 Å². The minimum atomic E-state index is 0.0179. The summed E-state index contributed by atoms with van der Waals surface area (Å²) in [7, 11) is 0. The normalized spacial score (nSPS) is 14.4. The van der Waals surface area contributed by atoms with Gasteiger partial charge in [-0.15, -0.1) is 11.3 Å². The van der Waals surface area contributed by atoms with E-state index in [9.17, 15) is 4.79 Å². The third-order valence-electron chi connectivity index (χ3n) is 3.84. The average Bonchev–Trinajstić information content (AvgIpc) is 3.16. The smallest absolute Gasteiger partial charge is 0.261 e. The number of benzene rings is 1. The molecule has 1 aromatic carbocycles. The lowest BCUT2D eigenvalue weighted by Crippen LogP contribution is -2.25. The van der Waals surface area contributed by atoms with Gasteiger partial charge < -0.3 is 10.2 Å². The lowest BCUT2D eigenvalue weighted by atomic mass is 10.1. The highest BCUT2D eigenvalue weighted by Gasteiger charge is 2.16. The molecule has 0 bridgehead atoms. The summed E-state index contributed by atoms with van der Waals surface area (Å²) >= 11 is 1.54. The summed E-state index contributed by atoms with van der Waals surface area (Å²) in [5.74, 6) is 0.0179. The van der Waals surface area contributed by atoms with Crippen LogP contribution in [-0.2, 0) is 6.54 Å². The molecule has 1 aliphatic rings. The van der Waals surface area contributed by atoms with Gasteiger partial charge in [0.15, 0.2) is 0 Å². The highest BCUT2D eigenvalue weighted by atomic mass is 32.1. The first-order valence-electron chi connectivity index (χ1n) is 7.41. The summed E-state index contributed by atoms with van der Waals surface area (Å²) < 4.78 is 0. The van der Waals surface area contributed by atoms with E-state index in [1.54, 1.807) is 0 Å². The molecule has 0 aliphatic carbocycles. The lowest BCUT2D eigenvalue weighted by Gasteiger charge is -2.21. The largest absolute Gasteiger partial charge is 0.371 e. The maximum absolute atomic E-state index is 12.1. The van der Waals surface area contributed by atoms with Gasteiger partial charge in [-0.2, -0.15) is 0 Å². The molecule has 2 aromatic rings. The topological polar surface area (TPSA) is 32.3 Å². The van der Waals surface area contributed by atoms with Crippen LogP contribution in [0.4, 0.5) is 5.69 Å². The van der Waals surface area contributed by atoms with Crippen molar-refractivity contribution >= 4 is 22.9 Å². The van der Waals surface area contributed by atoms with Gasteiger partial charge in [-0.25, -0.2) is 0 Å². The Morgan fingerprint density at radius 3 is 2.67 bits per heavy atom. The number of aryl methyl sites for hydroxylation is 1. The second kappa shape index (κ2) is 6.31. The Bertz CT molecular complexity index is 629. The molecule has 0 radical (unpaired) electrons. The third kappa shape index (κ3) is 3.27. The number of carbonyl (C=O) groups excluding carboxylic acids is 1. The summed E-state index contributed by atoms with van der Waals surface area (Å²) in [6.07, 6.45) is 2.52. The first-order valence-corrected chi connectivity index (χ1v) is 8.23. The summed E-state index contributed by atoms with van der Waals surface area (Å²) in [6.45, 7) is 4.84. The number of anilines is 1. The molecule has 0 atom stereocenters. The number of carbonyl (C=O) groups is 1. The summed E-state index contributed by atoms with van der Waals surface area (Å²) in [4.78, 5) is 16.5. The van der Waals surface area contributed by atoms with Crippen LogP contribution in [0.2, 0.25) is 0 Å². The van der Waals surface area contributed by atoms with Gasteiger partial charge in [-0.3, -0.25) is 4.79 Å². The molecule has 110 valence electrons. The molecule has 2 heterocycles. The maximum Gasteiger partial charge on any atom is 0.261 e. The molecule has 1 N–H and O–H groups in total. The molecule has 4 heteroatoms. The first-order chi connectivity index (χ1) is 10.2. The molecule has 0 unspecified atom stereocenters. The van der Waals surface area contributed by atoms with Crippen LogP contribution in [-0.4, -0.2) is 19.0 Å². The highest BCUT2D eigenvalue weighted by molar-refractivity contribution is 7.13. The van der Waals surface area contributed by atoms with Crippen LogP contribution in [0.1, 0.15) is 33.0 Å². The lowest BCUT2D eigenvalue weighted by molar-refractivity contribution is 0.0955. The Morgan fingerprint density at radius 1 is 1.19 bits per heavy atom. The van der Waals surface area contributed by atoms with E-state index in [0.717, 1.165) is 22.8 Å². The second-order valence-electron chi connectivity index (χ2n) is 5.42. The molecule has 1 fully saturated rings. The Kier molecular flexibility index (Phi) is 4.25. The van der Waals surface area contributed by atoms with Gasteiger partial charge in [0.1, 0.15) is 0 Å². The number of nitrogens with one attached hydrogen (secondary N) is 1. The summed E-state index contributed by atoms with van der Waals surface area (Å²) in [6, 6.07) is 12.2. The first kappa shape index (κ1) is 14.1. The predicted molar refractivity (Wildman–Crippen MR) is 88.1 cm³/mol. The Labute approximate surface area is 129 Å². The number of thiophene rings is 1. The van der Waals surface area contributed by atoms with Crippen LogP contribution in [0.3, 0.4) is 0 Å². The Hall–Kier alpha value is -1.81. The van der Waals surface area contributed by atoms with Crippen molar-refractivity contribution in [3.8, 4) is 0 Å². The fourth-order valence-corrected chi connectivity index (χ4v) is 3.53. The van der Waals surface area contributed by atoms with Crippen molar-refractivity contribution in [2.24, 2.45) is 0 Å². The standard InChI is InChI=1S/C17H20N2OS/c1-13-8-9-16(21-13)17(20)18-12-14-6-2-3-7-15(14)19-10-4-5-11-19/h2-3,6-9H,4-5,10-12H2,1H3,(H,18,20). The van der Waals surface area contributed by atoms with Crippen molar-refractivity contribution in [3.63, 3.8) is 0 Å². The second-order valence-corrected chi connectivity index (χ2v) is 6.70. The van der Waals surface area contributed by atoms with Gasteiger partial charge in [0.05, 0.1) is 4.88 Å². The average molecular weight is 300 g/mol. The monoisotopic (exact) mass is 300 g/mol. The van der Waals surface area contributed by atoms with E-state index in [1.807, 2.05) is 25.1 Å². The fourth-order valence-electron chi connectivity index (χ4n) is 2.75. The molecule has 1 aromatic heterocycles. The van der Waals surface area contributed by atoms with Crippen molar-refractivity contribution in [1.29, 1.82) is 0 Å². The van der Waals surface area contributed by atoms with E-state index in [-0.39, 0.29) is 5.91 Å². The fraction of sp³-hybridized carbons (Fsp3) is 0.353. The minimum absolute atomic E-state index is 0.0179. The number of para-hydroxylation sites is 1. The Balaban J connectivity index is 1.69. The summed E-state index contributed by atoms with van der Waals surface area (Å²) in [5, 5.41) is 3.04. The van der Waals surface area contributed by atoms with Gasteiger partial charge in [0.2, 0.25) is 0 Å². The zero-order chi connectivity index (χ0) is 14.7. The highest BCUT2D eigenvalue weighted by Crippen LogP contribution is 2.24. The van der Waals surface area contributed by atoms with Crippen LogP contribution < -0.4 is 10.2 Å². The van der Waals surface area contributed by atoms with Crippen LogP contribution >= 0.6 is 11.3 Å². The van der Waals surface area contributed by atoms with E-state index in [4.69, 9.17) is 0 Å².